The van der Waals surface area contributed by atoms with Crippen LogP contribution in [0, 0.1) is 0 Å². The van der Waals surface area contributed by atoms with E-state index in [2.05, 4.69) is 15.9 Å². The van der Waals surface area contributed by atoms with Crippen molar-refractivity contribution in [1.29, 1.82) is 0 Å². The zero-order valence-electron chi connectivity index (χ0n) is 8.68. The quantitative estimate of drug-likeness (QED) is 0.865. The lowest BCUT2D eigenvalue weighted by Crippen LogP contribution is -2.19. The number of benzene rings is 1. The summed E-state index contributed by atoms with van der Waals surface area (Å²) >= 11 is 3.00. The molecule has 0 aliphatic rings. The van der Waals surface area contributed by atoms with Crippen molar-refractivity contribution < 1.29 is 21.6 Å². The molecule has 0 unspecified atom stereocenters. The third kappa shape index (κ3) is 3.43. The second-order valence-corrected chi connectivity index (χ2v) is 5.65. The van der Waals surface area contributed by atoms with Gasteiger partial charge in [-0.3, -0.25) is 0 Å². The number of hydrogen-bond acceptors (Lipinski definition) is 2. The van der Waals surface area contributed by atoms with Crippen molar-refractivity contribution in [1.82, 2.24) is 4.72 Å². The summed E-state index contributed by atoms with van der Waals surface area (Å²) in [5.74, 6) is 0. The molecule has 0 heterocycles. The molecular weight excluding hydrogens is 323 g/mol. The Bertz CT molecular complexity index is 513. The Kier molecular flexibility index (Phi) is 4.21. The van der Waals surface area contributed by atoms with E-state index in [0.29, 0.717) is 6.07 Å². The minimum Gasteiger partial charge on any atom is -0.214 e. The summed E-state index contributed by atoms with van der Waals surface area (Å²) in [6.45, 7) is 0. The lowest BCUT2D eigenvalue weighted by Gasteiger charge is -2.11. The van der Waals surface area contributed by atoms with Crippen molar-refractivity contribution in [2.45, 2.75) is 16.4 Å². The molecule has 0 saturated heterocycles. The van der Waals surface area contributed by atoms with Gasteiger partial charge in [-0.2, -0.15) is 13.2 Å². The third-order valence-electron chi connectivity index (χ3n) is 2.03. The van der Waals surface area contributed by atoms with Crippen LogP contribution in [0.15, 0.2) is 23.1 Å². The first kappa shape index (κ1) is 14.5. The van der Waals surface area contributed by atoms with E-state index >= 15 is 0 Å². The molecule has 0 spiro atoms. The number of hydrogen-bond donors (Lipinski definition) is 1. The van der Waals surface area contributed by atoms with E-state index in [1.165, 1.54) is 6.07 Å². The van der Waals surface area contributed by atoms with Gasteiger partial charge in [0.1, 0.15) is 0 Å². The zero-order valence-corrected chi connectivity index (χ0v) is 11.1. The predicted molar refractivity (Wildman–Crippen MR) is 60.3 cm³/mol. The maximum absolute atomic E-state index is 12.5. The van der Waals surface area contributed by atoms with Crippen molar-refractivity contribution in [2.75, 3.05) is 7.05 Å². The smallest absolute Gasteiger partial charge is 0.214 e. The molecule has 1 N–H and O–H groups in total. The van der Waals surface area contributed by atoms with Crippen LogP contribution >= 0.6 is 15.9 Å². The molecule has 0 aliphatic carbocycles. The van der Waals surface area contributed by atoms with Gasteiger partial charge in [0, 0.05) is 5.33 Å². The normalized spacial score (nSPS) is 12.8. The van der Waals surface area contributed by atoms with E-state index in [1.807, 2.05) is 4.72 Å². The van der Waals surface area contributed by atoms with E-state index in [4.69, 9.17) is 0 Å². The van der Waals surface area contributed by atoms with Gasteiger partial charge >= 0.3 is 6.18 Å². The summed E-state index contributed by atoms with van der Waals surface area (Å²) in [7, 11) is -2.74. The van der Waals surface area contributed by atoms with Crippen LogP contribution in [0.1, 0.15) is 11.1 Å². The number of rotatable bonds is 3. The molecule has 0 saturated carbocycles. The Morgan fingerprint density at radius 1 is 1.29 bits per heavy atom. The first-order valence-corrected chi connectivity index (χ1v) is 7.02. The Balaban J connectivity index is 3.44. The second kappa shape index (κ2) is 4.95. The molecule has 1 aromatic carbocycles. The minimum absolute atomic E-state index is 0.142. The lowest BCUT2D eigenvalue weighted by atomic mass is 10.1. The molecule has 0 amide bonds. The fourth-order valence-electron chi connectivity index (χ4n) is 1.17. The van der Waals surface area contributed by atoms with Gasteiger partial charge in [-0.1, -0.05) is 15.9 Å². The van der Waals surface area contributed by atoms with Crippen LogP contribution in [-0.4, -0.2) is 15.5 Å². The van der Waals surface area contributed by atoms with Gasteiger partial charge in [0.2, 0.25) is 10.0 Å². The zero-order chi connectivity index (χ0) is 13.3. The first-order chi connectivity index (χ1) is 7.70. The maximum Gasteiger partial charge on any atom is 0.416 e. The van der Waals surface area contributed by atoms with Crippen LogP contribution in [0.2, 0.25) is 0 Å². The van der Waals surface area contributed by atoms with Gasteiger partial charge < -0.3 is 0 Å². The lowest BCUT2D eigenvalue weighted by molar-refractivity contribution is -0.137. The standard InChI is InChI=1S/C9H9BrF3NO2S/c1-14-17(15,16)8-3-6(5-10)2-7(4-8)9(11,12)13/h2-4,14H,5H2,1H3. The average molecular weight is 332 g/mol. The SMILES string of the molecule is CNS(=O)(=O)c1cc(CBr)cc(C(F)(F)F)c1. The van der Waals surface area contributed by atoms with Crippen molar-refractivity contribution in [2.24, 2.45) is 0 Å². The van der Waals surface area contributed by atoms with Gasteiger partial charge in [-0.15, -0.1) is 0 Å². The second-order valence-electron chi connectivity index (χ2n) is 3.20. The summed E-state index contributed by atoms with van der Waals surface area (Å²) in [6.07, 6.45) is -4.57. The molecule has 1 aromatic rings. The largest absolute Gasteiger partial charge is 0.416 e. The van der Waals surface area contributed by atoms with Gasteiger partial charge in [0.25, 0.3) is 0 Å². The Morgan fingerprint density at radius 2 is 1.88 bits per heavy atom. The van der Waals surface area contributed by atoms with Crippen LogP contribution < -0.4 is 4.72 Å². The molecule has 0 atom stereocenters. The molecule has 0 fully saturated rings. The van der Waals surface area contributed by atoms with E-state index in [-0.39, 0.29) is 10.9 Å². The monoisotopic (exact) mass is 331 g/mol. The summed E-state index contributed by atoms with van der Waals surface area (Å²) in [5.41, 5.74) is -0.739. The summed E-state index contributed by atoms with van der Waals surface area (Å²) < 4.78 is 62.5. The van der Waals surface area contributed by atoms with Gasteiger partial charge in [-0.05, 0) is 30.8 Å². The Hall–Kier alpha value is -0.600. The molecule has 96 valence electrons. The Morgan fingerprint density at radius 3 is 2.29 bits per heavy atom. The fourth-order valence-corrected chi connectivity index (χ4v) is 2.32. The highest BCUT2D eigenvalue weighted by molar-refractivity contribution is 9.08. The van der Waals surface area contributed by atoms with Crippen molar-refractivity contribution >= 4 is 26.0 Å². The van der Waals surface area contributed by atoms with Crippen LogP contribution in [0.5, 0.6) is 0 Å². The molecule has 0 radical (unpaired) electrons. The van der Waals surface area contributed by atoms with E-state index in [0.717, 1.165) is 13.1 Å². The highest BCUT2D eigenvalue weighted by atomic mass is 79.9. The van der Waals surface area contributed by atoms with Gasteiger partial charge in [0.15, 0.2) is 0 Å². The van der Waals surface area contributed by atoms with E-state index < -0.39 is 26.7 Å². The highest BCUT2D eigenvalue weighted by Gasteiger charge is 2.32. The van der Waals surface area contributed by atoms with E-state index in [1.54, 1.807) is 0 Å². The summed E-state index contributed by atoms with van der Waals surface area (Å²) in [5, 5.41) is 0.142. The molecule has 1 rings (SSSR count). The van der Waals surface area contributed by atoms with Gasteiger partial charge in [-0.25, -0.2) is 13.1 Å². The molecule has 0 aromatic heterocycles. The molecule has 3 nitrogen and oxygen atoms in total. The number of sulfonamides is 1. The van der Waals surface area contributed by atoms with Crippen LogP contribution in [0.4, 0.5) is 13.2 Å². The first-order valence-electron chi connectivity index (χ1n) is 4.41. The van der Waals surface area contributed by atoms with E-state index in [9.17, 15) is 21.6 Å². The summed E-state index contributed by atoms with van der Waals surface area (Å²) in [6, 6.07) is 2.71. The van der Waals surface area contributed by atoms with Crippen LogP contribution in [0.25, 0.3) is 0 Å². The molecule has 8 heteroatoms. The molecule has 0 aliphatic heterocycles. The Labute approximate surface area is 105 Å². The highest BCUT2D eigenvalue weighted by Crippen LogP contribution is 2.32. The summed E-state index contributed by atoms with van der Waals surface area (Å²) in [4.78, 5) is -0.399. The van der Waals surface area contributed by atoms with Crippen LogP contribution in [0.3, 0.4) is 0 Å². The number of alkyl halides is 4. The van der Waals surface area contributed by atoms with Gasteiger partial charge in [0.05, 0.1) is 10.5 Å². The third-order valence-corrected chi connectivity index (χ3v) is 4.07. The van der Waals surface area contributed by atoms with Crippen LogP contribution in [-0.2, 0) is 21.5 Å². The van der Waals surface area contributed by atoms with Crippen molar-refractivity contribution in [3.63, 3.8) is 0 Å². The number of nitrogens with one attached hydrogen (secondary N) is 1. The average Bonchev–Trinajstić information content (AvgIpc) is 2.27. The number of halogens is 4. The van der Waals surface area contributed by atoms with Crippen molar-refractivity contribution in [3.05, 3.63) is 29.3 Å². The fraction of sp³-hybridized carbons (Fsp3) is 0.333. The van der Waals surface area contributed by atoms with Crippen molar-refractivity contribution in [3.8, 4) is 0 Å². The topological polar surface area (TPSA) is 46.2 Å². The minimum atomic E-state index is -4.57. The maximum atomic E-state index is 12.5. The predicted octanol–water partition coefficient (Wildman–Crippen LogP) is 2.51. The molecular formula is C9H9BrF3NO2S. The molecule has 0 bridgehead atoms. The molecule has 17 heavy (non-hydrogen) atoms.